The van der Waals surface area contributed by atoms with Crippen LogP contribution in [0, 0.1) is 11.3 Å². The maximum atomic E-state index is 13.4. The summed E-state index contributed by atoms with van der Waals surface area (Å²) < 4.78 is 5.07. The van der Waals surface area contributed by atoms with Gasteiger partial charge in [-0.3, -0.25) is 4.79 Å². The summed E-state index contributed by atoms with van der Waals surface area (Å²) in [6.07, 6.45) is 0.351. The van der Waals surface area contributed by atoms with Crippen LogP contribution in [0.1, 0.15) is 46.6 Å². The Morgan fingerprint density at radius 3 is 2.30 bits per heavy atom. The Kier molecular flexibility index (Phi) is 9.41. The van der Waals surface area contributed by atoms with Crippen LogP contribution in [0.3, 0.4) is 0 Å². The zero-order valence-corrected chi connectivity index (χ0v) is 22.6. The third kappa shape index (κ3) is 6.51. The molecule has 1 aromatic rings. The highest BCUT2D eigenvalue weighted by Crippen LogP contribution is 2.46. The lowest BCUT2D eigenvalue weighted by atomic mass is 9.66. The highest BCUT2D eigenvalue weighted by atomic mass is 127. The van der Waals surface area contributed by atoms with Crippen LogP contribution in [0.4, 0.5) is 4.79 Å². The van der Waals surface area contributed by atoms with Crippen molar-refractivity contribution in [2.75, 3.05) is 17.7 Å². The van der Waals surface area contributed by atoms with Gasteiger partial charge in [0.15, 0.2) is 0 Å². The van der Waals surface area contributed by atoms with Crippen molar-refractivity contribution in [2.45, 2.75) is 58.7 Å². The van der Waals surface area contributed by atoms with Crippen LogP contribution in [0.15, 0.2) is 24.3 Å². The van der Waals surface area contributed by atoms with E-state index in [4.69, 9.17) is 16.3 Å². The minimum atomic E-state index is -1.12. The largest absolute Gasteiger partial charge is 0.453 e. The van der Waals surface area contributed by atoms with E-state index in [0.717, 1.165) is 5.56 Å². The molecule has 1 aliphatic heterocycles. The lowest BCUT2D eigenvalue weighted by molar-refractivity contribution is -0.155. The quantitative estimate of drug-likeness (QED) is 0.255. The minimum absolute atomic E-state index is 0.181. The fraction of sp³-hybridized carbons (Fsp3) is 0.609. The van der Waals surface area contributed by atoms with E-state index in [1.165, 1.54) is 6.92 Å². The number of hydrogen-bond donors (Lipinski definition) is 3. The first kappa shape index (κ1) is 27.7. The van der Waals surface area contributed by atoms with E-state index in [2.05, 4.69) is 10.6 Å². The molecule has 1 heterocycles. The van der Waals surface area contributed by atoms with Crippen LogP contribution in [-0.2, 0) is 19.9 Å². The SMILES string of the molecule is CC(NC(=O)N[C@@H](C(=O)N1CCC(O)(c2ccc(Cl)cc2)C(C)(C)C1)C(C)C)C(=O)OCI. The van der Waals surface area contributed by atoms with Crippen LogP contribution in [0.25, 0.3) is 0 Å². The van der Waals surface area contributed by atoms with E-state index in [0.29, 0.717) is 24.5 Å². The molecule has 10 heteroatoms. The number of amides is 3. The standard InChI is InChI=1S/C23H33ClIN3O5/c1-14(2)18(27-21(31)26-15(3)20(30)33-13-25)19(29)28-11-10-23(32,22(4,5)12-28)16-6-8-17(24)9-7-16/h6-9,14-15,18,32H,10-13H2,1-5H3,(H2,26,27,31)/t15?,18-,23?/m1/s1. The number of alkyl halides is 1. The van der Waals surface area contributed by atoms with Crippen molar-refractivity contribution in [3.63, 3.8) is 0 Å². The Balaban J connectivity index is 2.11. The number of urea groups is 1. The number of nitrogens with one attached hydrogen (secondary N) is 2. The molecule has 0 aromatic heterocycles. The van der Waals surface area contributed by atoms with Crippen LogP contribution < -0.4 is 10.6 Å². The molecule has 0 bridgehead atoms. The van der Waals surface area contributed by atoms with Gasteiger partial charge in [-0.05, 0) is 59.5 Å². The maximum absolute atomic E-state index is 13.4. The van der Waals surface area contributed by atoms with Crippen LogP contribution in [-0.4, -0.2) is 57.7 Å². The van der Waals surface area contributed by atoms with Crippen LogP contribution >= 0.6 is 34.2 Å². The summed E-state index contributed by atoms with van der Waals surface area (Å²) in [5, 5.41) is 17.3. The van der Waals surface area contributed by atoms with Crippen LogP contribution in [0.2, 0.25) is 5.02 Å². The molecule has 2 unspecified atom stereocenters. The van der Waals surface area contributed by atoms with E-state index in [1.54, 1.807) is 17.0 Å². The summed E-state index contributed by atoms with van der Waals surface area (Å²) in [6, 6.07) is 4.88. The second-order valence-corrected chi connectivity index (χ2v) is 10.5. The molecule has 3 atom stereocenters. The molecule has 1 saturated heterocycles. The zero-order chi connectivity index (χ0) is 25.0. The lowest BCUT2D eigenvalue weighted by Crippen LogP contribution is -2.61. The first-order valence-electron chi connectivity index (χ1n) is 10.9. The van der Waals surface area contributed by atoms with Crippen LogP contribution in [0.5, 0.6) is 0 Å². The second kappa shape index (κ2) is 11.2. The molecule has 184 valence electrons. The highest BCUT2D eigenvalue weighted by Gasteiger charge is 2.50. The monoisotopic (exact) mass is 593 g/mol. The number of benzene rings is 1. The second-order valence-electron chi connectivity index (χ2n) is 9.39. The summed E-state index contributed by atoms with van der Waals surface area (Å²) in [6.45, 7) is 9.71. The lowest BCUT2D eigenvalue weighted by Gasteiger charge is -2.51. The number of nitrogens with zero attached hydrogens (tertiary/aromatic N) is 1. The van der Waals surface area contributed by atoms with E-state index in [1.807, 2.05) is 62.4 Å². The van der Waals surface area contributed by atoms with Gasteiger partial charge in [0, 0.05) is 23.5 Å². The van der Waals surface area contributed by atoms with Gasteiger partial charge in [-0.25, -0.2) is 9.59 Å². The average Bonchev–Trinajstić information content (AvgIpc) is 2.73. The molecule has 33 heavy (non-hydrogen) atoms. The number of ether oxygens (including phenoxy) is 1. The van der Waals surface area contributed by atoms with Gasteiger partial charge in [-0.2, -0.15) is 0 Å². The first-order valence-corrected chi connectivity index (χ1v) is 12.8. The van der Waals surface area contributed by atoms with Crippen molar-refractivity contribution in [3.05, 3.63) is 34.9 Å². The van der Waals surface area contributed by atoms with Gasteiger partial charge in [-0.15, -0.1) is 0 Å². The van der Waals surface area contributed by atoms with Gasteiger partial charge < -0.3 is 25.4 Å². The van der Waals surface area contributed by atoms with E-state index < -0.39 is 35.1 Å². The van der Waals surface area contributed by atoms with Gasteiger partial charge in [0.05, 0.1) is 5.60 Å². The number of hydrogen-bond acceptors (Lipinski definition) is 5. The topological polar surface area (TPSA) is 108 Å². The number of halogens is 2. The smallest absolute Gasteiger partial charge is 0.329 e. The number of likely N-dealkylation sites (tertiary alicyclic amines) is 1. The highest BCUT2D eigenvalue weighted by molar-refractivity contribution is 14.1. The number of aliphatic hydroxyl groups is 1. The van der Waals surface area contributed by atoms with Gasteiger partial charge in [-0.1, -0.05) is 51.4 Å². The fourth-order valence-electron chi connectivity index (χ4n) is 4.10. The molecule has 8 nitrogen and oxygen atoms in total. The molecule has 0 saturated carbocycles. The van der Waals surface area contributed by atoms with Crippen molar-refractivity contribution >= 4 is 52.1 Å². The molecule has 1 aliphatic rings. The van der Waals surface area contributed by atoms with E-state index in [9.17, 15) is 19.5 Å². The molecule has 0 aliphatic carbocycles. The summed E-state index contributed by atoms with van der Waals surface area (Å²) in [7, 11) is 0. The fourth-order valence-corrected chi connectivity index (χ4v) is 4.53. The van der Waals surface area contributed by atoms with Gasteiger partial charge in [0.25, 0.3) is 0 Å². The first-order chi connectivity index (χ1) is 15.3. The molecule has 3 N–H and O–H groups in total. The van der Waals surface area contributed by atoms with E-state index >= 15 is 0 Å². The predicted octanol–water partition coefficient (Wildman–Crippen LogP) is 3.43. The Bertz CT molecular complexity index is 864. The minimum Gasteiger partial charge on any atom is -0.453 e. The molecule has 0 spiro atoms. The van der Waals surface area contributed by atoms with Gasteiger partial charge >= 0.3 is 12.0 Å². The average molecular weight is 594 g/mol. The number of rotatable bonds is 7. The number of carbonyl (C=O) groups is 3. The van der Waals surface area contributed by atoms with Crippen molar-refractivity contribution in [3.8, 4) is 0 Å². The Labute approximate surface area is 213 Å². The molecule has 2 rings (SSSR count). The van der Waals surface area contributed by atoms with Crippen molar-refractivity contribution in [1.82, 2.24) is 15.5 Å². The van der Waals surface area contributed by atoms with Gasteiger partial charge in [0.2, 0.25) is 5.91 Å². The third-order valence-corrected chi connectivity index (χ3v) is 6.76. The van der Waals surface area contributed by atoms with Gasteiger partial charge in [0.1, 0.15) is 16.7 Å². The molecule has 1 aromatic carbocycles. The Hall–Kier alpha value is -1.59. The van der Waals surface area contributed by atoms with Crippen molar-refractivity contribution < 1.29 is 24.2 Å². The maximum Gasteiger partial charge on any atom is 0.329 e. The number of piperidine rings is 1. The molecular formula is C23H33ClIN3O5. The van der Waals surface area contributed by atoms with Crippen molar-refractivity contribution in [2.24, 2.45) is 11.3 Å². The summed E-state index contributed by atoms with van der Waals surface area (Å²) in [5.41, 5.74) is -1.01. The number of esters is 1. The molecule has 3 amide bonds. The van der Waals surface area contributed by atoms with E-state index in [-0.39, 0.29) is 16.4 Å². The molecular weight excluding hydrogens is 561 g/mol. The number of carbonyl (C=O) groups excluding carboxylic acids is 3. The summed E-state index contributed by atoms with van der Waals surface area (Å²) in [4.78, 5) is 39.3. The Morgan fingerprint density at radius 1 is 1.18 bits per heavy atom. The molecule has 1 fully saturated rings. The third-order valence-electron chi connectivity index (χ3n) is 6.20. The predicted molar refractivity (Wildman–Crippen MR) is 135 cm³/mol. The molecule has 0 radical (unpaired) electrons. The Morgan fingerprint density at radius 2 is 1.79 bits per heavy atom. The van der Waals surface area contributed by atoms with Crippen molar-refractivity contribution in [1.29, 1.82) is 0 Å². The normalized spacial score (nSPS) is 21.8. The zero-order valence-electron chi connectivity index (χ0n) is 19.7. The summed E-state index contributed by atoms with van der Waals surface area (Å²) in [5.74, 6) is -0.958. The summed E-state index contributed by atoms with van der Waals surface area (Å²) >= 11 is 7.90.